The first-order valence-corrected chi connectivity index (χ1v) is 24.2. The van der Waals surface area contributed by atoms with Gasteiger partial charge in [0.15, 0.2) is 0 Å². The van der Waals surface area contributed by atoms with E-state index in [1.54, 1.807) is 6.92 Å². The first-order chi connectivity index (χ1) is 28.2. The zero-order chi connectivity index (χ0) is 44.3. The number of carbonyl (C=O) groups is 2. The predicted molar refractivity (Wildman–Crippen MR) is 216 cm³/mol. The lowest BCUT2D eigenvalue weighted by molar-refractivity contribution is -0.173. The van der Waals surface area contributed by atoms with Crippen LogP contribution in [0, 0.1) is 23.3 Å². The van der Waals surface area contributed by atoms with E-state index in [0.717, 1.165) is 38.5 Å². The molecule has 0 rings (SSSR count). The SMILES string of the molecule is [C-]#[N+]CCOP(=O)(OCCCCCCO)OCC(COCC(CCCC)(CCCC)CCCNC(=O)C(F)(F)F)OP(=O)(CCC#N)OCCCCCCOC(=O)CC. The predicted octanol–water partition coefficient (Wildman–Crippen LogP) is 9.48. The summed E-state index contributed by atoms with van der Waals surface area (Å²) in [4.78, 5) is 26.0. The molecule has 0 bridgehead atoms. The summed E-state index contributed by atoms with van der Waals surface area (Å²) >= 11 is 0. The van der Waals surface area contributed by atoms with E-state index in [-0.39, 0.29) is 77.7 Å². The number of amides is 1. The number of aliphatic hydroxyl groups is 1. The van der Waals surface area contributed by atoms with Gasteiger partial charge in [0.1, 0.15) is 12.7 Å². The van der Waals surface area contributed by atoms with Crippen LogP contribution in [0.15, 0.2) is 0 Å². The maximum atomic E-state index is 14.1. The van der Waals surface area contributed by atoms with Gasteiger partial charge >= 0.3 is 33.5 Å². The average Bonchev–Trinajstić information content (AvgIpc) is 3.20. The fraction of sp³-hybridized carbons (Fsp3) is 0.897. The molecule has 0 aromatic rings. The number of aliphatic hydroxyl groups excluding tert-OH is 1. The minimum absolute atomic E-state index is 0.00560. The van der Waals surface area contributed by atoms with Crippen molar-refractivity contribution in [2.75, 3.05) is 72.1 Å². The van der Waals surface area contributed by atoms with Crippen molar-refractivity contribution >= 4 is 27.3 Å². The number of ether oxygens (including phenoxy) is 2. The van der Waals surface area contributed by atoms with Crippen molar-refractivity contribution in [3.8, 4) is 6.07 Å². The number of phosphoric acid groups is 1. The van der Waals surface area contributed by atoms with Crippen LogP contribution >= 0.6 is 15.4 Å². The number of carbonyl (C=O) groups excluding carboxylic acids is 2. The quantitative estimate of drug-likeness (QED) is 0.0256. The molecule has 0 spiro atoms. The summed E-state index contributed by atoms with van der Waals surface area (Å²) in [5, 5.41) is 20.3. The standard InChI is InChI=1S/C39H70F3N3O12P2/c1-5-8-20-38(21-9-6-2,22-18-24-45-37(48)39(40,41)42)34-51-32-35(33-56-59(50,55-30-25-44-4)54-29-17-11-10-14-26-46)57-58(49,31-19-23-43)53-28-16-13-12-15-27-52-36(47)7-3/h35,46H,5-22,24-34H2,1-3H3,(H,45,48). The van der Waals surface area contributed by atoms with E-state index >= 15 is 0 Å². The number of phosphoric ester groups is 1. The van der Waals surface area contributed by atoms with E-state index in [1.807, 2.05) is 25.2 Å². The number of halogens is 3. The zero-order valence-electron chi connectivity index (χ0n) is 35.4. The molecule has 1 amide bonds. The first-order valence-electron chi connectivity index (χ1n) is 21.0. The molecule has 2 N–H and O–H groups in total. The molecule has 0 aromatic carbocycles. The Hall–Kier alpha value is -2.11. The van der Waals surface area contributed by atoms with Crippen LogP contribution in [0.3, 0.4) is 0 Å². The Labute approximate surface area is 350 Å². The normalized spacial score (nSPS) is 14.5. The van der Waals surface area contributed by atoms with Gasteiger partial charge in [0.25, 0.3) is 0 Å². The number of nitrogens with zero attached hydrogens (tertiary/aromatic N) is 2. The van der Waals surface area contributed by atoms with Gasteiger partial charge in [-0.2, -0.15) is 18.4 Å². The third kappa shape index (κ3) is 29.7. The summed E-state index contributed by atoms with van der Waals surface area (Å²) in [5.41, 5.74) is -0.479. The second-order valence-electron chi connectivity index (χ2n) is 14.3. The number of nitriles is 1. The lowest BCUT2D eigenvalue weighted by Gasteiger charge is -2.35. The van der Waals surface area contributed by atoms with Gasteiger partial charge in [0, 0.05) is 26.0 Å². The number of unbranched alkanes of at least 4 members (excludes halogenated alkanes) is 8. The van der Waals surface area contributed by atoms with E-state index in [2.05, 4.69) is 4.85 Å². The minimum atomic E-state index is -4.98. The average molecular weight is 892 g/mol. The lowest BCUT2D eigenvalue weighted by Crippen LogP contribution is -2.38. The summed E-state index contributed by atoms with van der Waals surface area (Å²) in [6.45, 7) is 12.1. The number of esters is 1. The van der Waals surface area contributed by atoms with E-state index < -0.39 is 45.6 Å². The Morgan fingerprint density at radius 2 is 1.41 bits per heavy atom. The van der Waals surface area contributed by atoms with E-state index in [0.29, 0.717) is 70.8 Å². The second kappa shape index (κ2) is 34.5. The summed E-state index contributed by atoms with van der Waals surface area (Å²) in [5.74, 6) is -2.28. The highest BCUT2D eigenvalue weighted by molar-refractivity contribution is 7.53. The van der Waals surface area contributed by atoms with Crippen molar-refractivity contribution in [1.82, 2.24) is 5.32 Å². The summed E-state index contributed by atoms with van der Waals surface area (Å²) < 4.78 is 106. The summed E-state index contributed by atoms with van der Waals surface area (Å²) in [6.07, 6.45) is 4.21. The molecule has 59 heavy (non-hydrogen) atoms. The van der Waals surface area contributed by atoms with Gasteiger partial charge in [-0.05, 0) is 63.2 Å². The van der Waals surface area contributed by atoms with Crippen molar-refractivity contribution in [2.24, 2.45) is 5.41 Å². The molecule has 0 saturated carbocycles. The smallest absolute Gasteiger partial charge is 0.466 e. The summed E-state index contributed by atoms with van der Waals surface area (Å²) in [7, 11) is -8.28. The molecule has 0 fully saturated rings. The maximum Gasteiger partial charge on any atom is 0.475 e. The molecule has 3 atom stereocenters. The molecule has 0 heterocycles. The monoisotopic (exact) mass is 891 g/mol. The molecule has 0 aliphatic rings. The molecule has 0 aromatic heterocycles. The summed E-state index contributed by atoms with van der Waals surface area (Å²) in [6, 6.07) is 1.96. The van der Waals surface area contributed by atoms with Crippen LogP contribution in [0.4, 0.5) is 13.2 Å². The van der Waals surface area contributed by atoms with E-state index in [4.69, 9.17) is 43.8 Å². The fourth-order valence-electron chi connectivity index (χ4n) is 5.82. The largest absolute Gasteiger partial charge is 0.475 e. The van der Waals surface area contributed by atoms with Gasteiger partial charge in [-0.3, -0.25) is 27.7 Å². The molecule has 3 unspecified atom stereocenters. The third-order valence-electron chi connectivity index (χ3n) is 9.12. The van der Waals surface area contributed by atoms with Crippen molar-refractivity contribution in [2.45, 2.75) is 149 Å². The van der Waals surface area contributed by atoms with Gasteiger partial charge in [0.05, 0.1) is 51.9 Å². The van der Waals surface area contributed by atoms with Crippen LogP contribution in [0.1, 0.15) is 136 Å². The topological polar surface area (TPSA) is 193 Å². The Kier molecular flexibility index (Phi) is 33.2. The number of rotatable bonds is 40. The Morgan fingerprint density at radius 1 is 0.814 bits per heavy atom. The van der Waals surface area contributed by atoms with Gasteiger partial charge < -0.3 is 33.8 Å². The molecular weight excluding hydrogens is 821 g/mol. The Bertz CT molecular complexity index is 1290. The third-order valence-corrected chi connectivity index (χ3v) is 12.5. The zero-order valence-corrected chi connectivity index (χ0v) is 37.2. The molecule has 0 saturated heterocycles. The Balaban J connectivity index is 6.19. The highest BCUT2D eigenvalue weighted by Crippen LogP contribution is 2.53. The minimum Gasteiger partial charge on any atom is -0.466 e. The second-order valence-corrected chi connectivity index (χ2v) is 18.1. The number of alkyl halides is 3. The van der Waals surface area contributed by atoms with Crippen molar-refractivity contribution in [1.29, 1.82) is 5.26 Å². The van der Waals surface area contributed by atoms with Crippen LogP contribution < -0.4 is 5.32 Å². The van der Waals surface area contributed by atoms with E-state index in [1.165, 1.54) is 0 Å². The number of hydrogen-bond donors (Lipinski definition) is 2. The molecule has 15 nitrogen and oxygen atoms in total. The molecule has 0 radical (unpaired) electrons. The van der Waals surface area contributed by atoms with Crippen molar-refractivity contribution in [3.63, 3.8) is 0 Å². The maximum absolute atomic E-state index is 14.1. The molecule has 0 aliphatic heterocycles. The lowest BCUT2D eigenvalue weighted by atomic mass is 9.75. The number of hydrogen-bond acceptors (Lipinski definition) is 13. The van der Waals surface area contributed by atoms with Gasteiger partial charge in [-0.15, -0.1) is 0 Å². The number of nitrogens with one attached hydrogen (secondary N) is 1. The van der Waals surface area contributed by atoms with Gasteiger partial charge in [0.2, 0.25) is 6.54 Å². The van der Waals surface area contributed by atoms with Crippen molar-refractivity contribution < 1.29 is 69.1 Å². The van der Waals surface area contributed by atoms with E-state index in [9.17, 15) is 37.2 Å². The Morgan fingerprint density at radius 3 is 1.98 bits per heavy atom. The highest BCUT2D eigenvalue weighted by atomic mass is 31.2. The van der Waals surface area contributed by atoms with Crippen LogP contribution in [0.5, 0.6) is 0 Å². The highest BCUT2D eigenvalue weighted by Gasteiger charge is 2.39. The van der Waals surface area contributed by atoms with Crippen molar-refractivity contribution in [3.05, 3.63) is 11.4 Å². The molecule has 0 aliphatic carbocycles. The van der Waals surface area contributed by atoms with Crippen LogP contribution in [0.25, 0.3) is 4.85 Å². The van der Waals surface area contributed by atoms with Gasteiger partial charge in [-0.1, -0.05) is 65.7 Å². The van der Waals surface area contributed by atoms with Crippen LogP contribution in [-0.4, -0.2) is 101 Å². The molecular formula is C39H70F3N3O12P2. The molecule has 344 valence electrons. The molecule has 20 heteroatoms. The van der Waals surface area contributed by atoms with Crippen LogP contribution in [0.2, 0.25) is 0 Å². The van der Waals surface area contributed by atoms with Gasteiger partial charge in [-0.25, -0.2) is 11.1 Å². The fourth-order valence-corrected chi connectivity index (χ4v) is 8.70. The van der Waals surface area contributed by atoms with Crippen LogP contribution in [-0.2, 0) is 50.8 Å². The first kappa shape index (κ1) is 56.9.